The van der Waals surface area contributed by atoms with Gasteiger partial charge in [0.2, 0.25) is 0 Å². The molecule has 2 aromatic rings. The molecule has 1 saturated heterocycles. The number of benzene rings is 2. The van der Waals surface area contributed by atoms with Gasteiger partial charge in [0, 0.05) is 13.6 Å². The maximum atomic E-state index is 13.2. The van der Waals surface area contributed by atoms with Crippen molar-refractivity contribution >= 4 is 40.9 Å². The lowest BCUT2D eigenvalue weighted by Gasteiger charge is -2.13. The lowest BCUT2D eigenvalue weighted by Crippen LogP contribution is -2.30. The van der Waals surface area contributed by atoms with E-state index < -0.39 is 0 Å². The number of likely N-dealkylation sites (N-methyl/N-ethyl adjacent to an activating group) is 2. The largest absolute Gasteiger partial charge is 0.487 e. The van der Waals surface area contributed by atoms with Crippen LogP contribution < -0.4 is 4.74 Å². The molecule has 0 aliphatic carbocycles. The Labute approximate surface area is 167 Å². The van der Waals surface area contributed by atoms with Gasteiger partial charge >= 0.3 is 0 Å². The van der Waals surface area contributed by atoms with Crippen LogP contribution >= 0.6 is 23.8 Å². The van der Waals surface area contributed by atoms with Gasteiger partial charge in [0.1, 0.15) is 23.9 Å². The molecule has 0 N–H and O–H groups in total. The van der Waals surface area contributed by atoms with E-state index in [0.29, 0.717) is 33.7 Å². The quantitative estimate of drug-likeness (QED) is 0.543. The highest BCUT2D eigenvalue weighted by Gasteiger charge is 2.34. The Morgan fingerprint density at radius 1 is 1.26 bits per heavy atom. The molecule has 1 heterocycles. The highest BCUT2D eigenvalue weighted by atomic mass is 35.5. The number of carbonyl (C=O) groups excluding carboxylic acids is 1. The second-order valence-corrected chi connectivity index (χ2v) is 6.80. The maximum Gasteiger partial charge on any atom is 0.276 e. The number of thiocarbonyl (C=S) groups is 1. The average Bonchev–Trinajstić information content (AvgIpc) is 2.84. The van der Waals surface area contributed by atoms with Crippen LogP contribution in [0.4, 0.5) is 4.39 Å². The zero-order valence-corrected chi connectivity index (χ0v) is 16.5. The van der Waals surface area contributed by atoms with E-state index in [4.69, 9.17) is 28.6 Å². The molecule has 0 bridgehead atoms. The van der Waals surface area contributed by atoms with E-state index >= 15 is 0 Å². The van der Waals surface area contributed by atoms with Gasteiger partial charge in [-0.3, -0.25) is 9.69 Å². The molecule has 27 heavy (non-hydrogen) atoms. The Hall–Kier alpha value is -2.44. The van der Waals surface area contributed by atoms with Crippen molar-refractivity contribution in [1.82, 2.24) is 9.80 Å². The summed E-state index contributed by atoms with van der Waals surface area (Å²) in [4.78, 5) is 15.7. The Morgan fingerprint density at radius 2 is 2.04 bits per heavy atom. The molecule has 4 nitrogen and oxygen atoms in total. The summed E-state index contributed by atoms with van der Waals surface area (Å²) < 4.78 is 18.9. The van der Waals surface area contributed by atoms with Gasteiger partial charge in [-0.1, -0.05) is 29.8 Å². The Morgan fingerprint density at radius 3 is 2.67 bits per heavy atom. The lowest BCUT2D eigenvalue weighted by molar-refractivity contribution is -0.122. The van der Waals surface area contributed by atoms with E-state index in [0.717, 1.165) is 5.56 Å². The molecule has 0 atom stereocenters. The number of nitrogens with zero attached hydrogens (tertiary/aromatic N) is 2. The van der Waals surface area contributed by atoms with Crippen LogP contribution in [-0.2, 0) is 11.4 Å². The monoisotopic (exact) mass is 404 g/mol. The third-order valence-electron chi connectivity index (χ3n) is 4.20. The molecule has 0 saturated carbocycles. The Kier molecular flexibility index (Phi) is 5.77. The molecule has 0 spiro atoms. The molecule has 3 rings (SSSR count). The van der Waals surface area contributed by atoms with E-state index in [1.165, 1.54) is 12.1 Å². The molecule has 0 unspecified atom stereocenters. The Balaban J connectivity index is 1.77. The van der Waals surface area contributed by atoms with Gasteiger partial charge in [0.05, 0.1) is 5.02 Å². The van der Waals surface area contributed by atoms with Crippen LogP contribution in [0.15, 0.2) is 48.2 Å². The molecule has 1 amide bonds. The minimum atomic E-state index is -0.312. The standard InChI is InChI=1S/C20H18ClFN2O2S/c1-3-24-19(25)17(23(2)20(24)27)11-13-7-8-18(16(21)10-13)26-12-14-5-4-6-15(22)9-14/h4-11H,3,12H2,1-2H3/b17-11-. The number of hydrogen-bond acceptors (Lipinski definition) is 3. The van der Waals surface area contributed by atoms with Crippen molar-refractivity contribution in [3.8, 4) is 5.75 Å². The van der Waals surface area contributed by atoms with Crippen LogP contribution in [0.1, 0.15) is 18.1 Å². The van der Waals surface area contributed by atoms with E-state index in [2.05, 4.69) is 0 Å². The topological polar surface area (TPSA) is 32.8 Å². The van der Waals surface area contributed by atoms with Gasteiger partial charge in [-0.25, -0.2) is 4.39 Å². The molecule has 1 aliphatic rings. The molecule has 1 fully saturated rings. The van der Waals surface area contributed by atoms with Crippen molar-refractivity contribution < 1.29 is 13.9 Å². The zero-order chi connectivity index (χ0) is 19.6. The van der Waals surface area contributed by atoms with Crippen LogP contribution in [0.5, 0.6) is 5.75 Å². The zero-order valence-electron chi connectivity index (χ0n) is 14.9. The summed E-state index contributed by atoms with van der Waals surface area (Å²) in [5, 5.41) is 0.888. The van der Waals surface area contributed by atoms with E-state index in [1.54, 1.807) is 53.3 Å². The van der Waals surface area contributed by atoms with Crippen molar-refractivity contribution in [2.24, 2.45) is 0 Å². The lowest BCUT2D eigenvalue weighted by atomic mass is 10.1. The molecule has 1 aliphatic heterocycles. The maximum absolute atomic E-state index is 13.2. The molecular formula is C20H18ClFN2O2S. The first kappa shape index (κ1) is 19.3. The minimum absolute atomic E-state index is 0.132. The first-order valence-electron chi connectivity index (χ1n) is 8.38. The summed E-state index contributed by atoms with van der Waals surface area (Å²) in [5.41, 5.74) is 1.96. The first-order chi connectivity index (χ1) is 12.9. The summed E-state index contributed by atoms with van der Waals surface area (Å²) in [6.07, 6.45) is 1.74. The second kappa shape index (κ2) is 8.06. The predicted molar refractivity (Wildman–Crippen MR) is 108 cm³/mol. The van der Waals surface area contributed by atoms with Crippen molar-refractivity contribution in [3.05, 3.63) is 70.1 Å². The molecule has 7 heteroatoms. The fourth-order valence-electron chi connectivity index (χ4n) is 2.76. The number of amides is 1. The highest BCUT2D eigenvalue weighted by molar-refractivity contribution is 7.80. The van der Waals surface area contributed by atoms with Gasteiger partial charge in [0.25, 0.3) is 5.91 Å². The number of rotatable bonds is 5. The van der Waals surface area contributed by atoms with Gasteiger partial charge in [0.15, 0.2) is 5.11 Å². The predicted octanol–water partition coefficient (Wildman–Crippen LogP) is 4.48. The number of hydrogen-bond donors (Lipinski definition) is 0. The summed E-state index contributed by atoms with van der Waals surface area (Å²) in [6.45, 7) is 2.61. The third kappa shape index (κ3) is 4.12. The number of ether oxygens (including phenoxy) is 1. The SMILES string of the molecule is CCN1C(=O)/C(=C/c2ccc(OCc3cccc(F)c3)c(Cl)c2)N(C)C1=S. The highest BCUT2D eigenvalue weighted by Crippen LogP contribution is 2.29. The van der Waals surface area contributed by atoms with Gasteiger partial charge < -0.3 is 9.64 Å². The van der Waals surface area contributed by atoms with Crippen molar-refractivity contribution in [1.29, 1.82) is 0 Å². The summed E-state index contributed by atoms with van der Waals surface area (Å²) in [5.74, 6) is 0.0426. The van der Waals surface area contributed by atoms with E-state index in [-0.39, 0.29) is 18.3 Å². The fraction of sp³-hybridized carbons (Fsp3) is 0.200. The molecule has 0 radical (unpaired) electrons. The van der Waals surface area contributed by atoms with Crippen LogP contribution in [0.25, 0.3) is 6.08 Å². The first-order valence-corrected chi connectivity index (χ1v) is 9.17. The van der Waals surface area contributed by atoms with Gasteiger partial charge in [-0.15, -0.1) is 0 Å². The van der Waals surface area contributed by atoms with E-state index in [1.807, 2.05) is 6.92 Å². The third-order valence-corrected chi connectivity index (χ3v) is 4.99. The second-order valence-electron chi connectivity index (χ2n) is 6.03. The molecule has 0 aromatic heterocycles. The van der Waals surface area contributed by atoms with Crippen LogP contribution in [0.3, 0.4) is 0 Å². The Bertz CT molecular complexity index is 932. The minimum Gasteiger partial charge on any atom is -0.487 e. The van der Waals surface area contributed by atoms with Gasteiger partial charge in [-0.05, 0) is 60.6 Å². The summed E-state index contributed by atoms with van der Waals surface area (Å²) in [6, 6.07) is 11.4. The van der Waals surface area contributed by atoms with E-state index in [9.17, 15) is 9.18 Å². The van der Waals surface area contributed by atoms with Gasteiger partial charge in [-0.2, -0.15) is 0 Å². The number of carbonyl (C=O) groups is 1. The normalized spacial score (nSPS) is 15.8. The van der Waals surface area contributed by atoms with Crippen LogP contribution in [-0.4, -0.2) is 34.4 Å². The van der Waals surface area contributed by atoms with Crippen molar-refractivity contribution in [3.63, 3.8) is 0 Å². The van der Waals surface area contributed by atoms with Crippen molar-refractivity contribution in [2.75, 3.05) is 13.6 Å². The van der Waals surface area contributed by atoms with Crippen molar-refractivity contribution in [2.45, 2.75) is 13.5 Å². The molecule has 140 valence electrons. The average molecular weight is 405 g/mol. The van der Waals surface area contributed by atoms with Crippen LogP contribution in [0, 0.1) is 5.82 Å². The summed E-state index contributed by atoms with van der Waals surface area (Å²) >= 11 is 11.6. The number of halogens is 2. The molecule has 2 aromatic carbocycles. The van der Waals surface area contributed by atoms with Crippen LogP contribution in [0.2, 0.25) is 5.02 Å². The smallest absolute Gasteiger partial charge is 0.276 e. The summed E-state index contributed by atoms with van der Waals surface area (Å²) in [7, 11) is 1.76. The molecular weight excluding hydrogens is 387 g/mol. The fourth-order valence-corrected chi connectivity index (χ4v) is 3.31.